The summed E-state index contributed by atoms with van der Waals surface area (Å²) in [5, 5.41) is 7.58. The highest BCUT2D eigenvalue weighted by atomic mass is 19.1. The van der Waals surface area contributed by atoms with Crippen LogP contribution in [0.25, 0.3) is 5.69 Å². The van der Waals surface area contributed by atoms with Crippen molar-refractivity contribution in [1.82, 2.24) is 20.0 Å². The first-order valence-corrected chi connectivity index (χ1v) is 10.5. The molecule has 1 aliphatic carbocycles. The van der Waals surface area contributed by atoms with Crippen molar-refractivity contribution in [3.63, 3.8) is 0 Å². The highest BCUT2D eigenvalue weighted by Gasteiger charge is 2.32. The minimum Gasteiger partial charge on any atom is -0.356 e. The van der Waals surface area contributed by atoms with Gasteiger partial charge in [0, 0.05) is 36.8 Å². The molecule has 2 amide bonds. The number of piperidine rings is 1. The molecular weight excluding hydrogens is 371 g/mol. The van der Waals surface area contributed by atoms with Gasteiger partial charge in [-0.1, -0.05) is 6.92 Å². The Kier molecular flexibility index (Phi) is 5.65. The Morgan fingerprint density at radius 1 is 1.17 bits per heavy atom. The number of amides is 2. The number of benzene rings is 1. The Bertz CT molecular complexity index is 898. The molecule has 2 aliphatic rings. The van der Waals surface area contributed by atoms with Crippen molar-refractivity contribution in [2.24, 2.45) is 5.92 Å². The zero-order chi connectivity index (χ0) is 20.4. The molecule has 0 radical (unpaired) electrons. The van der Waals surface area contributed by atoms with E-state index in [1.165, 1.54) is 12.1 Å². The van der Waals surface area contributed by atoms with E-state index in [0.29, 0.717) is 38.2 Å². The maximum Gasteiger partial charge on any atom is 0.274 e. The first-order chi connectivity index (χ1) is 14.1. The van der Waals surface area contributed by atoms with Crippen LogP contribution in [0.5, 0.6) is 0 Å². The first kappa shape index (κ1) is 19.6. The second kappa shape index (κ2) is 8.35. The van der Waals surface area contributed by atoms with Crippen LogP contribution in [0.1, 0.15) is 54.4 Å². The van der Waals surface area contributed by atoms with Crippen molar-refractivity contribution in [3.8, 4) is 5.69 Å². The van der Waals surface area contributed by atoms with Crippen molar-refractivity contribution in [2.75, 3.05) is 19.6 Å². The maximum absolute atomic E-state index is 13.3. The molecule has 1 aromatic carbocycles. The zero-order valence-corrected chi connectivity index (χ0v) is 16.8. The third-order valence-corrected chi connectivity index (χ3v) is 5.91. The van der Waals surface area contributed by atoms with Gasteiger partial charge in [-0.15, -0.1) is 0 Å². The van der Waals surface area contributed by atoms with Crippen LogP contribution in [0.2, 0.25) is 0 Å². The number of hydrogen-bond donors (Lipinski definition) is 1. The van der Waals surface area contributed by atoms with E-state index < -0.39 is 0 Å². The van der Waals surface area contributed by atoms with Crippen LogP contribution < -0.4 is 5.32 Å². The Hall–Kier alpha value is -2.70. The molecule has 2 aromatic rings. The maximum atomic E-state index is 13.3. The van der Waals surface area contributed by atoms with Crippen LogP contribution in [0.15, 0.2) is 24.3 Å². The van der Waals surface area contributed by atoms with Gasteiger partial charge in [0.1, 0.15) is 5.82 Å². The SMILES string of the molecule is CCCNC(=O)C1CCN(C(=O)c2nn(-c3ccc(F)cc3)c3c2CCC3)CC1. The first-order valence-electron chi connectivity index (χ1n) is 10.5. The number of aromatic nitrogens is 2. The van der Waals surface area contributed by atoms with Gasteiger partial charge in [-0.2, -0.15) is 5.10 Å². The molecule has 1 aliphatic heterocycles. The summed E-state index contributed by atoms with van der Waals surface area (Å²) in [5.41, 5.74) is 3.35. The molecule has 0 bridgehead atoms. The predicted octanol–water partition coefficient (Wildman–Crippen LogP) is 2.88. The number of rotatable bonds is 5. The molecule has 6 nitrogen and oxygen atoms in total. The molecule has 1 aromatic heterocycles. The highest BCUT2D eigenvalue weighted by Crippen LogP contribution is 2.29. The molecule has 154 valence electrons. The molecule has 0 atom stereocenters. The average molecular weight is 398 g/mol. The fourth-order valence-electron chi connectivity index (χ4n) is 4.29. The number of carbonyl (C=O) groups excluding carboxylic acids is 2. The van der Waals surface area contributed by atoms with E-state index in [9.17, 15) is 14.0 Å². The lowest BCUT2D eigenvalue weighted by Crippen LogP contribution is -2.43. The fraction of sp³-hybridized carbons (Fsp3) is 0.500. The molecule has 4 rings (SSSR count). The normalized spacial score (nSPS) is 16.7. The lowest BCUT2D eigenvalue weighted by molar-refractivity contribution is -0.126. The van der Waals surface area contributed by atoms with E-state index in [-0.39, 0.29) is 23.5 Å². The highest BCUT2D eigenvalue weighted by molar-refractivity contribution is 5.94. The minimum atomic E-state index is -0.292. The molecule has 7 heteroatoms. The standard InChI is InChI=1S/C22H27FN4O2/c1-2-12-24-21(28)15-10-13-26(14-11-15)22(29)20-18-4-3-5-19(18)27(25-20)17-8-6-16(23)7-9-17/h6-9,15H,2-5,10-14H2,1H3,(H,24,28). The number of nitrogens with one attached hydrogen (secondary N) is 1. The second-order valence-electron chi connectivity index (χ2n) is 7.87. The van der Waals surface area contributed by atoms with Gasteiger partial charge < -0.3 is 10.2 Å². The molecule has 0 unspecified atom stereocenters. The number of fused-ring (bicyclic) bond motifs is 1. The van der Waals surface area contributed by atoms with Gasteiger partial charge >= 0.3 is 0 Å². The lowest BCUT2D eigenvalue weighted by atomic mass is 9.95. The van der Waals surface area contributed by atoms with E-state index in [4.69, 9.17) is 0 Å². The number of nitrogens with zero attached hydrogens (tertiary/aromatic N) is 3. The molecule has 1 saturated heterocycles. The Morgan fingerprint density at radius 2 is 1.90 bits per heavy atom. The van der Waals surface area contributed by atoms with Crippen LogP contribution in [0.4, 0.5) is 4.39 Å². The number of halogens is 1. The van der Waals surface area contributed by atoms with Gasteiger partial charge in [0.05, 0.1) is 5.69 Å². The van der Waals surface area contributed by atoms with Crippen molar-refractivity contribution < 1.29 is 14.0 Å². The van der Waals surface area contributed by atoms with E-state index in [2.05, 4.69) is 10.4 Å². The van der Waals surface area contributed by atoms with Gasteiger partial charge in [-0.3, -0.25) is 9.59 Å². The van der Waals surface area contributed by atoms with E-state index in [0.717, 1.165) is 42.6 Å². The lowest BCUT2D eigenvalue weighted by Gasteiger charge is -2.31. The predicted molar refractivity (Wildman–Crippen MR) is 107 cm³/mol. The van der Waals surface area contributed by atoms with Crippen LogP contribution in [0.3, 0.4) is 0 Å². The van der Waals surface area contributed by atoms with Crippen molar-refractivity contribution >= 4 is 11.8 Å². The second-order valence-corrected chi connectivity index (χ2v) is 7.87. The largest absolute Gasteiger partial charge is 0.356 e. The van der Waals surface area contributed by atoms with Gasteiger partial charge in [0.25, 0.3) is 5.91 Å². The van der Waals surface area contributed by atoms with E-state index >= 15 is 0 Å². The number of hydrogen-bond acceptors (Lipinski definition) is 3. The summed E-state index contributed by atoms with van der Waals surface area (Å²) in [4.78, 5) is 27.2. The number of carbonyl (C=O) groups is 2. The topological polar surface area (TPSA) is 67.2 Å². The van der Waals surface area contributed by atoms with Crippen molar-refractivity contribution in [3.05, 3.63) is 47.0 Å². The van der Waals surface area contributed by atoms with Crippen molar-refractivity contribution in [2.45, 2.75) is 45.4 Å². The zero-order valence-electron chi connectivity index (χ0n) is 16.8. The third-order valence-electron chi connectivity index (χ3n) is 5.91. The summed E-state index contributed by atoms with van der Waals surface area (Å²) in [5.74, 6) is -0.273. The third kappa shape index (κ3) is 3.91. The quantitative estimate of drug-likeness (QED) is 0.842. The van der Waals surface area contributed by atoms with Gasteiger partial charge in [-0.05, 0) is 62.8 Å². The summed E-state index contributed by atoms with van der Waals surface area (Å²) < 4.78 is 15.1. The minimum absolute atomic E-state index is 0.0203. The molecule has 29 heavy (non-hydrogen) atoms. The van der Waals surface area contributed by atoms with Crippen molar-refractivity contribution in [1.29, 1.82) is 0 Å². The molecule has 1 N–H and O–H groups in total. The van der Waals surface area contributed by atoms with Crippen LogP contribution >= 0.6 is 0 Å². The van der Waals surface area contributed by atoms with Crippen LogP contribution in [-0.2, 0) is 17.6 Å². The molecule has 1 fully saturated rings. The molecule has 2 heterocycles. The van der Waals surface area contributed by atoms with E-state index in [1.54, 1.807) is 16.8 Å². The fourth-order valence-corrected chi connectivity index (χ4v) is 4.29. The summed E-state index contributed by atoms with van der Waals surface area (Å²) in [7, 11) is 0. The summed E-state index contributed by atoms with van der Waals surface area (Å²) in [6, 6.07) is 6.20. The van der Waals surface area contributed by atoms with Gasteiger partial charge in [0.15, 0.2) is 5.69 Å². The van der Waals surface area contributed by atoms with Gasteiger partial charge in [0.2, 0.25) is 5.91 Å². The smallest absolute Gasteiger partial charge is 0.274 e. The summed E-state index contributed by atoms with van der Waals surface area (Å²) in [6.07, 6.45) is 4.99. The Morgan fingerprint density at radius 3 is 2.59 bits per heavy atom. The van der Waals surface area contributed by atoms with Gasteiger partial charge in [-0.25, -0.2) is 9.07 Å². The number of likely N-dealkylation sites (tertiary alicyclic amines) is 1. The monoisotopic (exact) mass is 398 g/mol. The summed E-state index contributed by atoms with van der Waals surface area (Å²) >= 11 is 0. The van der Waals surface area contributed by atoms with Crippen LogP contribution in [-0.4, -0.2) is 46.1 Å². The summed E-state index contributed by atoms with van der Waals surface area (Å²) in [6.45, 7) is 3.87. The Balaban J connectivity index is 1.49. The van der Waals surface area contributed by atoms with Crippen LogP contribution in [0, 0.1) is 11.7 Å². The molecular formula is C22H27FN4O2. The van der Waals surface area contributed by atoms with E-state index in [1.807, 2.05) is 11.8 Å². The molecule has 0 saturated carbocycles. The molecule has 0 spiro atoms. The Labute approximate surface area is 170 Å². The average Bonchev–Trinajstić information content (AvgIpc) is 3.35.